The molecule has 1 amide bonds. The summed E-state index contributed by atoms with van der Waals surface area (Å²) in [5, 5.41) is 11.2. The van der Waals surface area contributed by atoms with Crippen LogP contribution in [0.5, 0.6) is 5.75 Å². The van der Waals surface area contributed by atoms with Crippen LogP contribution in [-0.2, 0) is 0 Å². The third-order valence-corrected chi connectivity index (χ3v) is 3.06. The summed E-state index contributed by atoms with van der Waals surface area (Å²) in [5.74, 6) is -3.12. The van der Waals surface area contributed by atoms with Crippen LogP contribution < -0.4 is 5.32 Å². The zero-order valence-corrected chi connectivity index (χ0v) is 11.3. The summed E-state index contributed by atoms with van der Waals surface area (Å²) in [7, 11) is 0. The van der Waals surface area contributed by atoms with Crippen LogP contribution in [0.3, 0.4) is 0 Å². The van der Waals surface area contributed by atoms with Crippen LogP contribution in [0.15, 0.2) is 30.3 Å². The van der Waals surface area contributed by atoms with E-state index in [4.69, 9.17) is 23.2 Å². The monoisotopic (exact) mass is 317 g/mol. The fourth-order valence-electron chi connectivity index (χ4n) is 1.51. The van der Waals surface area contributed by atoms with Gasteiger partial charge >= 0.3 is 0 Å². The van der Waals surface area contributed by atoms with E-state index in [0.717, 1.165) is 6.07 Å². The van der Waals surface area contributed by atoms with Gasteiger partial charge in [0.15, 0.2) is 5.82 Å². The summed E-state index contributed by atoms with van der Waals surface area (Å²) in [4.78, 5) is 11.9. The standard InChI is InChI=1S/C13H7Cl2F2NO2/c14-7-2-1-3-10(12(7)17)18-13(20)6-4-8(15)9(16)5-11(6)19/h1-5,19H,(H,18,20). The van der Waals surface area contributed by atoms with Crippen molar-refractivity contribution < 1.29 is 18.7 Å². The summed E-state index contributed by atoms with van der Waals surface area (Å²) < 4.78 is 26.7. The first-order chi connectivity index (χ1) is 9.40. The lowest BCUT2D eigenvalue weighted by Gasteiger charge is -2.09. The molecule has 20 heavy (non-hydrogen) atoms. The molecule has 0 aliphatic rings. The van der Waals surface area contributed by atoms with Gasteiger partial charge in [-0.2, -0.15) is 0 Å². The molecule has 0 fully saturated rings. The van der Waals surface area contributed by atoms with Crippen molar-refractivity contribution in [2.24, 2.45) is 0 Å². The zero-order valence-electron chi connectivity index (χ0n) is 9.75. The second kappa shape index (κ2) is 5.64. The number of aromatic hydroxyl groups is 1. The number of rotatable bonds is 2. The number of benzene rings is 2. The molecule has 2 aromatic rings. The summed E-state index contributed by atoms with van der Waals surface area (Å²) in [6.45, 7) is 0. The van der Waals surface area contributed by atoms with Crippen LogP contribution in [0.1, 0.15) is 10.4 Å². The van der Waals surface area contributed by atoms with Gasteiger partial charge in [0.1, 0.15) is 11.6 Å². The second-order valence-electron chi connectivity index (χ2n) is 3.84. The Morgan fingerprint density at radius 2 is 1.85 bits per heavy atom. The highest BCUT2D eigenvalue weighted by Gasteiger charge is 2.17. The Morgan fingerprint density at radius 3 is 2.55 bits per heavy atom. The number of amides is 1. The van der Waals surface area contributed by atoms with Crippen molar-refractivity contribution in [3.8, 4) is 5.75 Å². The van der Waals surface area contributed by atoms with Crippen molar-refractivity contribution >= 4 is 34.8 Å². The maximum atomic E-state index is 13.6. The topological polar surface area (TPSA) is 49.3 Å². The first kappa shape index (κ1) is 14.6. The third kappa shape index (κ3) is 2.84. The Kier molecular flexibility index (Phi) is 4.11. The third-order valence-electron chi connectivity index (χ3n) is 2.48. The highest BCUT2D eigenvalue weighted by molar-refractivity contribution is 6.31. The van der Waals surface area contributed by atoms with Crippen molar-refractivity contribution in [2.75, 3.05) is 5.32 Å². The van der Waals surface area contributed by atoms with E-state index in [9.17, 15) is 18.7 Å². The largest absolute Gasteiger partial charge is 0.507 e. The van der Waals surface area contributed by atoms with E-state index in [2.05, 4.69) is 5.32 Å². The van der Waals surface area contributed by atoms with E-state index in [-0.39, 0.29) is 21.3 Å². The number of phenolic OH excluding ortho intramolecular Hbond substituents is 1. The first-order valence-electron chi connectivity index (χ1n) is 5.33. The predicted molar refractivity (Wildman–Crippen MR) is 72.4 cm³/mol. The molecule has 0 radical (unpaired) electrons. The Hall–Kier alpha value is -1.85. The molecular weight excluding hydrogens is 311 g/mol. The number of hydrogen-bond donors (Lipinski definition) is 2. The Morgan fingerprint density at radius 1 is 1.15 bits per heavy atom. The van der Waals surface area contributed by atoms with Gasteiger partial charge < -0.3 is 10.4 Å². The lowest BCUT2D eigenvalue weighted by atomic mass is 10.1. The zero-order chi connectivity index (χ0) is 14.9. The molecule has 0 aliphatic carbocycles. The normalized spacial score (nSPS) is 10.4. The van der Waals surface area contributed by atoms with Gasteiger partial charge in [-0.3, -0.25) is 4.79 Å². The van der Waals surface area contributed by atoms with E-state index in [1.54, 1.807) is 0 Å². The SMILES string of the molecule is O=C(Nc1cccc(Cl)c1F)c1cc(Cl)c(F)cc1O. The minimum atomic E-state index is -0.866. The molecule has 7 heteroatoms. The summed E-state index contributed by atoms with van der Waals surface area (Å²) in [6, 6.07) is 5.70. The highest BCUT2D eigenvalue weighted by atomic mass is 35.5. The second-order valence-corrected chi connectivity index (χ2v) is 4.65. The number of carbonyl (C=O) groups excluding carboxylic acids is 1. The van der Waals surface area contributed by atoms with Gasteiger partial charge in [0.05, 0.1) is 21.3 Å². The van der Waals surface area contributed by atoms with E-state index in [0.29, 0.717) is 6.07 Å². The van der Waals surface area contributed by atoms with Crippen molar-refractivity contribution in [3.05, 3.63) is 57.6 Å². The summed E-state index contributed by atoms with van der Waals surface area (Å²) in [6.07, 6.45) is 0. The Labute approximate surface area is 122 Å². The minimum Gasteiger partial charge on any atom is -0.507 e. The van der Waals surface area contributed by atoms with Crippen LogP contribution in [-0.4, -0.2) is 11.0 Å². The molecule has 0 bridgehead atoms. The molecule has 0 saturated heterocycles. The first-order valence-corrected chi connectivity index (χ1v) is 6.09. The van der Waals surface area contributed by atoms with Gasteiger partial charge in [-0.1, -0.05) is 29.3 Å². The lowest BCUT2D eigenvalue weighted by Crippen LogP contribution is -2.13. The Balaban J connectivity index is 2.33. The van der Waals surface area contributed by atoms with Crippen molar-refractivity contribution in [2.45, 2.75) is 0 Å². The molecule has 0 aliphatic heterocycles. The maximum absolute atomic E-state index is 13.6. The fraction of sp³-hybridized carbons (Fsp3) is 0. The van der Waals surface area contributed by atoms with Gasteiger partial charge in [-0.25, -0.2) is 8.78 Å². The average molecular weight is 318 g/mol. The highest BCUT2D eigenvalue weighted by Crippen LogP contribution is 2.27. The smallest absolute Gasteiger partial charge is 0.259 e. The number of halogens is 4. The van der Waals surface area contributed by atoms with Gasteiger partial charge in [0.25, 0.3) is 5.91 Å². The van der Waals surface area contributed by atoms with E-state index >= 15 is 0 Å². The fourth-order valence-corrected chi connectivity index (χ4v) is 1.85. The molecule has 2 aromatic carbocycles. The summed E-state index contributed by atoms with van der Waals surface area (Å²) in [5.41, 5.74) is -0.446. The minimum absolute atomic E-state index is 0.163. The predicted octanol–water partition coefficient (Wildman–Crippen LogP) is 4.23. The molecule has 2 N–H and O–H groups in total. The number of hydrogen-bond acceptors (Lipinski definition) is 2. The molecule has 0 unspecified atom stereocenters. The molecular formula is C13H7Cl2F2NO2. The van der Waals surface area contributed by atoms with Crippen molar-refractivity contribution in [1.29, 1.82) is 0 Å². The Bertz CT molecular complexity index is 692. The number of nitrogens with one attached hydrogen (secondary N) is 1. The number of carbonyl (C=O) groups is 1. The lowest BCUT2D eigenvalue weighted by molar-refractivity contribution is 0.102. The van der Waals surface area contributed by atoms with Crippen LogP contribution >= 0.6 is 23.2 Å². The summed E-state index contributed by atoms with van der Waals surface area (Å²) >= 11 is 11.1. The van der Waals surface area contributed by atoms with Crippen molar-refractivity contribution in [3.63, 3.8) is 0 Å². The average Bonchev–Trinajstić information content (AvgIpc) is 2.39. The molecule has 3 nitrogen and oxygen atoms in total. The molecule has 0 heterocycles. The molecule has 0 spiro atoms. The molecule has 2 rings (SSSR count). The van der Waals surface area contributed by atoms with Gasteiger partial charge in [-0.05, 0) is 18.2 Å². The van der Waals surface area contributed by atoms with Gasteiger partial charge in [0.2, 0.25) is 0 Å². The van der Waals surface area contributed by atoms with E-state index in [1.807, 2.05) is 0 Å². The van der Waals surface area contributed by atoms with Crippen molar-refractivity contribution in [1.82, 2.24) is 0 Å². The van der Waals surface area contributed by atoms with Crippen LogP contribution in [0.2, 0.25) is 10.0 Å². The molecule has 0 aromatic heterocycles. The maximum Gasteiger partial charge on any atom is 0.259 e. The molecule has 0 saturated carbocycles. The molecule has 104 valence electrons. The van der Waals surface area contributed by atoms with E-state index < -0.39 is 23.3 Å². The van der Waals surface area contributed by atoms with Gasteiger partial charge in [0, 0.05) is 6.07 Å². The number of phenols is 1. The van der Waals surface area contributed by atoms with Crippen LogP contribution in [0.4, 0.5) is 14.5 Å². The van der Waals surface area contributed by atoms with Crippen LogP contribution in [0, 0.1) is 11.6 Å². The van der Waals surface area contributed by atoms with E-state index in [1.165, 1.54) is 18.2 Å². The van der Waals surface area contributed by atoms with Gasteiger partial charge in [-0.15, -0.1) is 0 Å². The molecule has 0 atom stereocenters. The number of anilines is 1. The quantitative estimate of drug-likeness (QED) is 0.870. The van der Waals surface area contributed by atoms with Crippen LogP contribution in [0.25, 0.3) is 0 Å².